The van der Waals surface area contributed by atoms with Crippen molar-refractivity contribution in [1.82, 2.24) is 0 Å². The summed E-state index contributed by atoms with van der Waals surface area (Å²) >= 11 is 0. The SMILES string of the molecule is C1CCC(COCC2CCCC2)C1.CCCCCC. The summed E-state index contributed by atoms with van der Waals surface area (Å²) in [4.78, 5) is 0. The summed E-state index contributed by atoms with van der Waals surface area (Å²) in [6.45, 7) is 6.57. The van der Waals surface area contributed by atoms with Gasteiger partial charge in [-0.3, -0.25) is 0 Å². The molecule has 0 radical (unpaired) electrons. The third-order valence-corrected chi connectivity index (χ3v) is 4.61. The number of rotatable bonds is 7. The minimum atomic E-state index is 0.904. The van der Waals surface area contributed by atoms with E-state index in [1.165, 1.54) is 77.0 Å². The Bertz CT molecular complexity index is 158. The molecule has 0 unspecified atom stereocenters. The molecule has 2 saturated carbocycles. The summed E-state index contributed by atoms with van der Waals surface area (Å²) in [5.74, 6) is 1.81. The van der Waals surface area contributed by atoms with E-state index in [1.54, 1.807) is 0 Å². The minimum Gasteiger partial charge on any atom is -0.381 e. The Morgan fingerprint density at radius 2 is 1.05 bits per heavy atom. The van der Waals surface area contributed by atoms with Crippen LogP contribution in [0.15, 0.2) is 0 Å². The van der Waals surface area contributed by atoms with Crippen molar-refractivity contribution in [1.29, 1.82) is 0 Å². The Morgan fingerprint density at radius 3 is 1.37 bits per heavy atom. The average molecular weight is 268 g/mol. The predicted molar refractivity (Wildman–Crippen MR) is 84.6 cm³/mol. The molecule has 0 heterocycles. The van der Waals surface area contributed by atoms with Crippen molar-refractivity contribution in [2.24, 2.45) is 11.8 Å². The first-order chi connectivity index (χ1) is 9.36. The van der Waals surface area contributed by atoms with Gasteiger partial charge in [0, 0.05) is 13.2 Å². The van der Waals surface area contributed by atoms with Gasteiger partial charge in [-0.1, -0.05) is 65.2 Å². The Morgan fingerprint density at radius 1 is 0.684 bits per heavy atom. The second kappa shape index (κ2) is 11.8. The van der Waals surface area contributed by atoms with Crippen molar-refractivity contribution in [3.63, 3.8) is 0 Å². The average Bonchev–Trinajstić information content (AvgIpc) is 3.10. The molecule has 0 aromatic rings. The van der Waals surface area contributed by atoms with Crippen molar-refractivity contribution in [2.75, 3.05) is 13.2 Å². The molecule has 0 saturated heterocycles. The van der Waals surface area contributed by atoms with E-state index in [9.17, 15) is 0 Å². The molecule has 0 atom stereocenters. The van der Waals surface area contributed by atoms with Gasteiger partial charge in [0.1, 0.15) is 0 Å². The fraction of sp³-hybridized carbons (Fsp3) is 1.00. The third kappa shape index (κ3) is 8.68. The minimum absolute atomic E-state index is 0.904. The predicted octanol–water partition coefficient (Wildman–Crippen LogP) is 5.97. The van der Waals surface area contributed by atoms with Crippen LogP contribution in [0.2, 0.25) is 0 Å². The molecule has 0 aliphatic heterocycles. The number of unbranched alkanes of at least 4 members (excludes halogenated alkanes) is 3. The molecule has 19 heavy (non-hydrogen) atoms. The van der Waals surface area contributed by atoms with Crippen LogP contribution in [0.5, 0.6) is 0 Å². The monoisotopic (exact) mass is 268 g/mol. The van der Waals surface area contributed by atoms with E-state index < -0.39 is 0 Å². The Kier molecular flexibility index (Phi) is 10.5. The molecular weight excluding hydrogens is 232 g/mol. The highest BCUT2D eigenvalue weighted by molar-refractivity contribution is 4.69. The number of hydrogen-bond donors (Lipinski definition) is 0. The smallest absolute Gasteiger partial charge is 0.0494 e. The zero-order valence-corrected chi connectivity index (χ0v) is 13.5. The Hall–Kier alpha value is -0.0400. The summed E-state index contributed by atoms with van der Waals surface area (Å²) in [5, 5.41) is 0. The van der Waals surface area contributed by atoms with E-state index in [1.807, 2.05) is 0 Å². The van der Waals surface area contributed by atoms with Crippen molar-refractivity contribution in [2.45, 2.75) is 90.9 Å². The topological polar surface area (TPSA) is 9.23 Å². The highest BCUT2D eigenvalue weighted by atomic mass is 16.5. The molecule has 0 amide bonds. The Balaban J connectivity index is 0.000000258. The van der Waals surface area contributed by atoms with Gasteiger partial charge >= 0.3 is 0 Å². The van der Waals surface area contributed by atoms with Crippen LogP contribution in [-0.4, -0.2) is 13.2 Å². The van der Waals surface area contributed by atoms with Gasteiger partial charge in [0.2, 0.25) is 0 Å². The summed E-state index contributed by atoms with van der Waals surface area (Å²) in [6, 6.07) is 0. The lowest BCUT2D eigenvalue weighted by Gasteiger charge is -2.13. The lowest BCUT2D eigenvalue weighted by atomic mass is 10.1. The lowest BCUT2D eigenvalue weighted by Crippen LogP contribution is -2.11. The van der Waals surface area contributed by atoms with Crippen LogP contribution in [0.1, 0.15) is 90.9 Å². The highest BCUT2D eigenvalue weighted by Gasteiger charge is 2.18. The number of hydrogen-bond acceptors (Lipinski definition) is 1. The standard InChI is InChI=1S/C12H22O.C6H14/c1-2-6-11(5-1)9-13-10-12-7-3-4-8-12;1-3-5-6-4-2/h11-12H,1-10H2;3-6H2,1-2H3. The second-order valence-corrected chi connectivity index (χ2v) is 6.55. The quantitative estimate of drug-likeness (QED) is 0.517. The van der Waals surface area contributed by atoms with E-state index >= 15 is 0 Å². The first-order valence-electron chi connectivity index (χ1n) is 8.94. The van der Waals surface area contributed by atoms with Crippen molar-refractivity contribution in [3.8, 4) is 0 Å². The Labute approximate surface area is 121 Å². The number of ether oxygens (including phenoxy) is 1. The van der Waals surface area contributed by atoms with Crippen LogP contribution < -0.4 is 0 Å². The van der Waals surface area contributed by atoms with Gasteiger partial charge in [0.15, 0.2) is 0 Å². The van der Waals surface area contributed by atoms with Gasteiger partial charge in [-0.05, 0) is 37.5 Å². The maximum absolute atomic E-state index is 5.80. The first kappa shape index (κ1) is 17.0. The molecule has 0 spiro atoms. The molecule has 2 rings (SSSR count). The van der Waals surface area contributed by atoms with Crippen LogP contribution in [-0.2, 0) is 4.74 Å². The molecule has 1 heteroatoms. The van der Waals surface area contributed by atoms with E-state index in [0.29, 0.717) is 0 Å². The summed E-state index contributed by atoms with van der Waals surface area (Å²) in [5.41, 5.74) is 0. The van der Waals surface area contributed by atoms with Crippen LogP contribution in [0.25, 0.3) is 0 Å². The molecule has 114 valence electrons. The van der Waals surface area contributed by atoms with Crippen molar-refractivity contribution < 1.29 is 4.74 Å². The maximum Gasteiger partial charge on any atom is 0.0494 e. The van der Waals surface area contributed by atoms with E-state index in [4.69, 9.17) is 4.74 Å². The van der Waals surface area contributed by atoms with Crippen LogP contribution >= 0.6 is 0 Å². The zero-order valence-electron chi connectivity index (χ0n) is 13.5. The molecule has 2 aliphatic carbocycles. The fourth-order valence-electron chi connectivity index (χ4n) is 3.26. The van der Waals surface area contributed by atoms with Gasteiger partial charge in [0.05, 0.1) is 0 Å². The molecule has 2 aliphatic rings. The molecule has 2 fully saturated rings. The van der Waals surface area contributed by atoms with Crippen molar-refractivity contribution in [3.05, 3.63) is 0 Å². The van der Waals surface area contributed by atoms with Gasteiger partial charge in [0.25, 0.3) is 0 Å². The molecule has 0 aromatic carbocycles. The molecular formula is C18H36O. The highest BCUT2D eigenvalue weighted by Crippen LogP contribution is 2.27. The zero-order chi connectivity index (χ0) is 13.8. The molecule has 0 aromatic heterocycles. The molecule has 0 N–H and O–H groups in total. The molecule has 0 bridgehead atoms. The second-order valence-electron chi connectivity index (χ2n) is 6.55. The first-order valence-corrected chi connectivity index (χ1v) is 8.94. The summed E-state index contributed by atoms with van der Waals surface area (Å²) in [6.07, 6.45) is 17.0. The maximum atomic E-state index is 5.80. The summed E-state index contributed by atoms with van der Waals surface area (Å²) in [7, 11) is 0. The van der Waals surface area contributed by atoms with Crippen LogP contribution in [0, 0.1) is 11.8 Å². The summed E-state index contributed by atoms with van der Waals surface area (Å²) < 4.78 is 5.80. The fourth-order valence-corrected chi connectivity index (χ4v) is 3.26. The van der Waals surface area contributed by atoms with E-state index in [-0.39, 0.29) is 0 Å². The third-order valence-electron chi connectivity index (χ3n) is 4.61. The van der Waals surface area contributed by atoms with Crippen LogP contribution in [0.3, 0.4) is 0 Å². The van der Waals surface area contributed by atoms with Gasteiger partial charge in [-0.15, -0.1) is 0 Å². The van der Waals surface area contributed by atoms with Gasteiger partial charge in [-0.25, -0.2) is 0 Å². The largest absolute Gasteiger partial charge is 0.381 e. The van der Waals surface area contributed by atoms with E-state index in [2.05, 4.69) is 13.8 Å². The van der Waals surface area contributed by atoms with Crippen LogP contribution in [0.4, 0.5) is 0 Å². The molecule has 1 nitrogen and oxygen atoms in total. The van der Waals surface area contributed by atoms with Gasteiger partial charge < -0.3 is 4.74 Å². The lowest BCUT2D eigenvalue weighted by molar-refractivity contribution is 0.0743. The van der Waals surface area contributed by atoms with Gasteiger partial charge in [-0.2, -0.15) is 0 Å². The van der Waals surface area contributed by atoms with E-state index in [0.717, 1.165) is 25.0 Å². The van der Waals surface area contributed by atoms with Crippen molar-refractivity contribution >= 4 is 0 Å². The normalized spacial score (nSPS) is 20.5.